The van der Waals surface area contributed by atoms with Gasteiger partial charge in [0.15, 0.2) is 0 Å². The minimum absolute atomic E-state index is 0.161. The summed E-state index contributed by atoms with van der Waals surface area (Å²) in [6.45, 7) is 3.85. The molecule has 0 fully saturated rings. The first-order valence-electron chi connectivity index (χ1n) is 5.85. The van der Waals surface area contributed by atoms with Crippen LogP contribution in [0.3, 0.4) is 0 Å². The van der Waals surface area contributed by atoms with Gasteiger partial charge in [-0.05, 0) is 36.9 Å². The molecule has 1 heterocycles. The molecular weight excluding hydrogens is 266 g/mol. The molecule has 1 aromatic carbocycles. The summed E-state index contributed by atoms with van der Waals surface area (Å²) in [5, 5.41) is 15.2. The SMILES string of the molecule is CC(O)c1ccccc1NC(C)c1csc(Cl)c1. The van der Waals surface area contributed by atoms with Crippen LogP contribution in [0.5, 0.6) is 0 Å². The van der Waals surface area contributed by atoms with Crippen LogP contribution in [-0.2, 0) is 0 Å². The molecule has 0 saturated heterocycles. The Hall–Kier alpha value is -1.03. The number of benzene rings is 1. The molecule has 0 spiro atoms. The van der Waals surface area contributed by atoms with Gasteiger partial charge >= 0.3 is 0 Å². The van der Waals surface area contributed by atoms with Crippen molar-refractivity contribution in [2.75, 3.05) is 5.32 Å². The van der Waals surface area contributed by atoms with Crippen molar-refractivity contribution in [3.63, 3.8) is 0 Å². The van der Waals surface area contributed by atoms with Gasteiger partial charge in [0.2, 0.25) is 0 Å². The number of nitrogens with one attached hydrogen (secondary N) is 1. The highest BCUT2D eigenvalue weighted by Crippen LogP contribution is 2.29. The first-order chi connectivity index (χ1) is 8.58. The van der Waals surface area contributed by atoms with Gasteiger partial charge in [-0.3, -0.25) is 0 Å². The Balaban J connectivity index is 2.19. The van der Waals surface area contributed by atoms with E-state index in [0.29, 0.717) is 0 Å². The minimum Gasteiger partial charge on any atom is -0.389 e. The summed E-state index contributed by atoms with van der Waals surface area (Å²) in [6.07, 6.45) is -0.480. The molecular formula is C14H16ClNOS. The summed E-state index contributed by atoms with van der Waals surface area (Å²) >= 11 is 7.47. The molecule has 2 unspecified atom stereocenters. The Morgan fingerprint density at radius 1 is 1.28 bits per heavy atom. The van der Waals surface area contributed by atoms with Crippen molar-refractivity contribution in [1.82, 2.24) is 0 Å². The number of para-hydroxylation sites is 1. The molecule has 0 aliphatic rings. The molecule has 2 aromatic rings. The molecule has 2 nitrogen and oxygen atoms in total. The van der Waals surface area contributed by atoms with E-state index < -0.39 is 6.10 Å². The monoisotopic (exact) mass is 281 g/mol. The predicted octanol–water partition coefficient (Wildman–Crippen LogP) is 4.63. The van der Waals surface area contributed by atoms with Gasteiger partial charge in [-0.2, -0.15) is 0 Å². The number of hydrogen-bond acceptors (Lipinski definition) is 3. The number of halogens is 1. The van der Waals surface area contributed by atoms with Crippen molar-refractivity contribution in [3.05, 3.63) is 51.2 Å². The molecule has 4 heteroatoms. The minimum atomic E-state index is -0.480. The van der Waals surface area contributed by atoms with Gasteiger partial charge in [-0.15, -0.1) is 11.3 Å². The fraction of sp³-hybridized carbons (Fsp3) is 0.286. The molecule has 2 rings (SSSR count). The maximum Gasteiger partial charge on any atom is 0.0931 e. The van der Waals surface area contributed by atoms with E-state index in [0.717, 1.165) is 21.2 Å². The van der Waals surface area contributed by atoms with E-state index in [9.17, 15) is 5.11 Å². The fourth-order valence-corrected chi connectivity index (χ4v) is 2.84. The standard InChI is InChI=1S/C14H16ClNOS/c1-9(11-7-14(15)18-8-11)16-13-6-4-3-5-12(13)10(2)17/h3-10,16-17H,1-2H3. The van der Waals surface area contributed by atoms with Gasteiger partial charge in [0, 0.05) is 17.3 Å². The zero-order valence-corrected chi connectivity index (χ0v) is 11.9. The van der Waals surface area contributed by atoms with E-state index in [1.807, 2.05) is 35.7 Å². The van der Waals surface area contributed by atoms with E-state index in [2.05, 4.69) is 12.2 Å². The number of rotatable bonds is 4. The Bertz CT molecular complexity index is 524. The fourth-order valence-electron chi connectivity index (χ4n) is 1.86. The molecule has 96 valence electrons. The van der Waals surface area contributed by atoms with E-state index >= 15 is 0 Å². The molecule has 1 aromatic heterocycles. The number of aliphatic hydroxyl groups is 1. The second-order valence-electron chi connectivity index (χ2n) is 4.31. The topological polar surface area (TPSA) is 32.3 Å². The van der Waals surface area contributed by atoms with Gasteiger partial charge < -0.3 is 10.4 Å². The molecule has 2 atom stereocenters. The zero-order valence-electron chi connectivity index (χ0n) is 10.4. The number of hydrogen-bond donors (Lipinski definition) is 2. The Labute approximate surface area is 116 Å². The lowest BCUT2D eigenvalue weighted by Crippen LogP contribution is -2.08. The van der Waals surface area contributed by atoms with Crippen LogP contribution in [-0.4, -0.2) is 5.11 Å². The zero-order chi connectivity index (χ0) is 13.1. The summed E-state index contributed by atoms with van der Waals surface area (Å²) in [7, 11) is 0. The molecule has 0 amide bonds. The highest BCUT2D eigenvalue weighted by Gasteiger charge is 2.11. The quantitative estimate of drug-likeness (QED) is 0.856. The second kappa shape index (κ2) is 5.74. The maximum atomic E-state index is 9.73. The first-order valence-corrected chi connectivity index (χ1v) is 7.11. The van der Waals surface area contributed by atoms with Crippen LogP contribution in [0.25, 0.3) is 0 Å². The third kappa shape index (κ3) is 3.05. The van der Waals surface area contributed by atoms with Crippen molar-refractivity contribution >= 4 is 28.6 Å². The number of anilines is 1. The van der Waals surface area contributed by atoms with Crippen LogP contribution < -0.4 is 5.32 Å². The smallest absolute Gasteiger partial charge is 0.0931 e. The van der Waals surface area contributed by atoms with Crippen LogP contribution >= 0.6 is 22.9 Å². The first kappa shape index (κ1) is 13.4. The third-order valence-electron chi connectivity index (χ3n) is 2.87. The van der Waals surface area contributed by atoms with Gasteiger partial charge in [0.25, 0.3) is 0 Å². The van der Waals surface area contributed by atoms with Crippen LogP contribution in [0, 0.1) is 0 Å². The largest absolute Gasteiger partial charge is 0.389 e. The van der Waals surface area contributed by atoms with Crippen molar-refractivity contribution in [3.8, 4) is 0 Å². The maximum absolute atomic E-state index is 9.73. The highest BCUT2D eigenvalue weighted by atomic mass is 35.5. The average Bonchev–Trinajstić information content (AvgIpc) is 2.76. The lowest BCUT2D eigenvalue weighted by atomic mass is 10.1. The molecule has 0 radical (unpaired) electrons. The molecule has 0 aliphatic carbocycles. The third-order valence-corrected chi connectivity index (χ3v) is 3.98. The highest BCUT2D eigenvalue weighted by molar-refractivity contribution is 7.14. The van der Waals surface area contributed by atoms with Gasteiger partial charge in [-0.25, -0.2) is 0 Å². The molecule has 0 saturated carbocycles. The summed E-state index contributed by atoms with van der Waals surface area (Å²) in [5.74, 6) is 0. The van der Waals surface area contributed by atoms with Crippen molar-refractivity contribution in [2.24, 2.45) is 0 Å². The predicted molar refractivity (Wildman–Crippen MR) is 78.4 cm³/mol. The molecule has 18 heavy (non-hydrogen) atoms. The average molecular weight is 282 g/mol. The second-order valence-corrected chi connectivity index (χ2v) is 5.86. The lowest BCUT2D eigenvalue weighted by molar-refractivity contribution is 0.200. The molecule has 0 aliphatic heterocycles. The van der Waals surface area contributed by atoms with Crippen LogP contribution in [0.2, 0.25) is 4.34 Å². The molecule has 2 N–H and O–H groups in total. The van der Waals surface area contributed by atoms with E-state index in [-0.39, 0.29) is 6.04 Å². The van der Waals surface area contributed by atoms with Gasteiger partial charge in [-0.1, -0.05) is 29.8 Å². The van der Waals surface area contributed by atoms with Crippen molar-refractivity contribution in [2.45, 2.75) is 26.0 Å². The van der Waals surface area contributed by atoms with Crippen LogP contribution in [0.1, 0.15) is 37.1 Å². The van der Waals surface area contributed by atoms with Crippen LogP contribution in [0.15, 0.2) is 35.7 Å². The van der Waals surface area contributed by atoms with Gasteiger partial charge in [0.05, 0.1) is 10.4 Å². The number of aliphatic hydroxyl groups excluding tert-OH is 1. The van der Waals surface area contributed by atoms with Crippen molar-refractivity contribution in [1.29, 1.82) is 0 Å². The van der Waals surface area contributed by atoms with Gasteiger partial charge in [0.1, 0.15) is 0 Å². The summed E-state index contributed by atoms with van der Waals surface area (Å²) in [5.41, 5.74) is 3.03. The number of thiophene rings is 1. The summed E-state index contributed by atoms with van der Waals surface area (Å²) in [4.78, 5) is 0. The van der Waals surface area contributed by atoms with Crippen molar-refractivity contribution < 1.29 is 5.11 Å². The van der Waals surface area contributed by atoms with Crippen LogP contribution in [0.4, 0.5) is 5.69 Å². The Kier molecular flexibility index (Phi) is 4.27. The summed E-state index contributed by atoms with van der Waals surface area (Å²) < 4.78 is 0.794. The van der Waals surface area contributed by atoms with E-state index in [1.165, 1.54) is 11.3 Å². The Morgan fingerprint density at radius 3 is 2.61 bits per heavy atom. The Morgan fingerprint density at radius 2 is 2.00 bits per heavy atom. The lowest BCUT2D eigenvalue weighted by Gasteiger charge is -2.18. The molecule has 0 bridgehead atoms. The van der Waals surface area contributed by atoms with E-state index in [1.54, 1.807) is 6.92 Å². The van der Waals surface area contributed by atoms with E-state index in [4.69, 9.17) is 11.6 Å². The summed E-state index contributed by atoms with van der Waals surface area (Å²) in [6, 6.07) is 9.93. The normalized spacial score (nSPS) is 14.2.